The fraction of sp³-hybridized carbons (Fsp3) is 0.231. The molecular weight excluding hydrogens is 358 g/mol. The summed E-state index contributed by atoms with van der Waals surface area (Å²) in [5.41, 5.74) is 2.22. The standard InChI is InChI=1S/C13H13Br2N3/c1-9(12-3-2-10(14)6-13(12)15)17-7-11-4-5-16-8-18-11/h2-6,8-9,17H,7H2,1H3. The number of halogens is 2. The van der Waals surface area contributed by atoms with Gasteiger partial charge in [0.25, 0.3) is 0 Å². The molecule has 1 N–H and O–H groups in total. The molecule has 1 unspecified atom stereocenters. The van der Waals surface area contributed by atoms with Crippen molar-refractivity contribution >= 4 is 31.9 Å². The van der Waals surface area contributed by atoms with E-state index in [4.69, 9.17) is 0 Å². The van der Waals surface area contributed by atoms with Gasteiger partial charge in [-0.25, -0.2) is 9.97 Å². The topological polar surface area (TPSA) is 37.8 Å². The van der Waals surface area contributed by atoms with Crippen LogP contribution in [0.5, 0.6) is 0 Å². The predicted molar refractivity (Wildman–Crippen MR) is 79.1 cm³/mol. The predicted octanol–water partition coefficient (Wildman–Crippen LogP) is 3.85. The lowest BCUT2D eigenvalue weighted by atomic mass is 10.1. The average molecular weight is 371 g/mol. The highest BCUT2D eigenvalue weighted by atomic mass is 79.9. The van der Waals surface area contributed by atoms with Crippen LogP contribution in [0.2, 0.25) is 0 Å². The quantitative estimate of drug-likeness (QED) is 0.888. The number of hydrogen-bond donors (Lipinski definition) is 1. The molecule has 0 saturated carbocycles. The lowest BCUT2D eigenvalue weighted by molar-refractivity contribution is 0.565. The normalized spacial score (nSPS) is 12.4. The Morgan fingerprint density at radius 3 is 2.78 bits per heavy atom. The molecule has 94 valence electrons. The van der Waals surface area contributed by atoms with Crippen molar-refractivity contribution in [1.82, 2.24) is 15.3 Å². The number of nitrogens with one attached hydrogen (secondary N) is 1. The molecule has 2 aromatic rings. The van der Waals surface area contributed by atoms with Crippen LogP contribution in [0, 0.1) is 0 Å². The Morgan fingerprint density at radius 1 is 1.28 bits per heavy atom. The first kappa shape index (κ1) is 13.6. The van der Waals surface area contributed by atoms with Gasteiger partial charge in [-0.1, -0.05) is 37.9 Å². The van der Waals surface area contributed by atoms with Crippen molar-refractivity contribution in [1.29, 1.82) is 0 Å². The smallest absolute Gasteiger partial charge is 0.115 e. The summed E-state index contributed by atoms with van der Waals surface area (Å²) in [6, 6.07) is 8.37. The van der Waals surface area contributed by atoms with Gasteiger partial charge in [-0.2, -0.15) is 0 Å². The van der Waals surface area contributed by atoms with E-state index in [0.717, 1.165) is 21.2 Å². The highest BCUT2D eigenvalue weighted by Crippen LogP contribution is 2.26. The maximum Gasteiger partial charge on any atom is 0.115 e. The van der Waals surface area contributed by atoms with Crippen molar-refractivity contribution in [3.05, 3.63) is 57.0 Å². The molecule has 0 aliphatic rings. The molecule has 3 nitrogen and oxygen atoms in total. The fourth-order valence-electron chi connectivity index (χ4n) is 1.64. The first-order valence-corrected chi connectivity index (χ1v) is 7.18. The van der Waals surface area contributed by atoms with Crippen molar-refractivity contribution < 1.29 is 0 Å². The summed E-state index contributed by atoms with van der Waals surface area (Å²) >= 11 is 7.03. The maximum atomic E-state index is 4.19. The zero-order valence-electron chi connectivity index (χ0n) is 9.90. The largest absolute Gasteiger partial charge is 0.305 e. The Morgan fingerprint density at radius 2 is 2.11 bits per heavy atom. The lowest BCUT2D eigenvalue weighted by Gasteiger charge is -2.15. The van der Waals surface area contributed by atoms with E-state index in [-0.39, 0.29) is 6.04 Å². The molecule has 1 heterocycles. The Labute approximate surface area is 123 Å². The summed E-state index contributed by atoms with van der Waals surface area (Å²) in [6.07, 6.45) is 3.32. The molecule has 0 aliphatic heterocycles. The van der Waals surface area contributed by atoms with Crippen LogP contribution in [0.4, 0.5) is 0 Å². The molecule has 1 aromatic heterocycles. The minimum Gasteiger partial charge on any atom is -0.305 e. The summed E-state index contributed by atoms with van der Waals surface area (Å²) in [4.78, 5) is 8.09. The minimum atomic E-state index is 0.252. The molecule has 0 aliphatic carbocycles. The van der Waals surface area contributed by atoms with Gasteiger partial charge < -0.3 is 5.32 Å². The van der Waals surface area contributed by atoms with Gasteiger partial charge in [-0.15, -0.1) is 0 Å². The third kappa shape index (κ3) is 3.60. The first-order valence-electron chi connectivity index (χ1n) is 5.60. The van der Waals surface area contributed by atoms with Gasteiger partial charge in [0.2, 0.25) is 0 Å². The SMILES string of the molecule is CC(NCc1ccncn1)c1ccc(Br)cc1Br. The van der Waals surface area contributed by atoms with Crippen LogP contribution in [-0.2, 0) is 6.54 Å². The van der Waals surface area contributed by atoms with Gasteiger partial charge in [0.1, 0.15) is 6.33 Å². The summed E-state index contributed by atoms with van der Waals surface area (Å²) in [7, 11) is 0. The molecule has 18 heavy (non-hydrogen) atoms. The summed E-state index contributed by atoms with van der Waals surface area (Å²) in [5, 5.41) is 3.44. The van der Waals surface area contributed by atoms with Gasteiger partial charge in [-0.3, -0.25) is 0 Å². The Hall–Kier alpha value is -0.780. The third-order valence-electron chi connectivity index (χ3n) is 2.66. The number of benzene rings is 1. The molecule has 0 fully saturated rings. The zero-order valence-corrected chi connectivity index (χ0v) is 13.1. The Bertz CT molecular complexity index is 517. The van der Waals surface area contributed by atoms with E-state index >= 15 is 0 Å². The molecule has 2 rings (SSSR count). The van der Waals surface area contributed by atoms with E-state index in [9.17, 15) is 0 Å². The maximum absolute atomic E-state index is 4.19. The molecule has 1 atom stereocenters. The summed E-state index contributed by atoms with van der Waals surface area (Å²) in [6.45, 7) is 2.86. The monoisotopic (exact) mass is 369 g/mol. The molecule has 0 spiro atoms. The molecule has 1 aromatic carbocycles. The Balaban J connectivity index is 2.01. The van der Waals surface area contributed by atoms with Crippen LogP contribution < -0.4 is 5.32 Å². The highest BCUT2D eigenvalue weighted by molar-refractivity contribution is 9.11. The number of hydrogen-bond acceptors (Lipinski definition) is 3. The van der Waals surface area contributed by atoms with Crippen LogP contribution >= 0.6 is 31.9 Å². The second-order valence-corrected chi connectivity index (χ2v) is 5.74. The summed E-state index contributed by atoms with van der Waals surface area (Å²) in [5.74, 6) is 0. The van der Waals surface area contributed by atoms with Gasteiger partial charge in [0.15, 0.2) is 0 Å². The van der Waals surface area contributed by atoms with Gasteiger partial charge in [-0.05, 0) is 30.7 Å². The third-order valence-corrected chi connectivity index (χ3v) is 3.84. The van der Waals surface area contributed by atoms with Gasteiger partial charge in [0.05, 0.1) is 5.69 Å². The van der Waals surface area contributed by atoms with Crippen molar-refractivity contribution in [3.8, 4) is 0 Å². The van der Waals surface area contributed by atoms with Crippen molar-refractivity contribution in [2.75, 3.05) is 0 Å². The molecule has 0 saturated heterocycles. The average Bonchev–Trinajstić information content (AvgIpc) is 2.37. The fourth-order valence-corrected chi connectivity index (χ4v) is 3.03. The molecule has 0 amide bonds. The molecule has 5 heteroatoms. The van der Waals surface area contributed by atoms with Crippen LogP contribution in [0.25, 0.3) is 0 Å². The van der Waals surface area contributed by atoms with Crippen LogP contribution in [0.3, 0.4) is 0 Å². The lowest BCUT2D eigenvalue weighted by Crippen LogP contribution is -2.19. The number of aromatic nitrogens is 2. The van der Waals surface area contributed by atoms with E-state index in [0.29, 0.717) is 0 Å². The van der Waals surface area contributed by atoms with E-state index < -0.39 is 0 Å². The van der Waals surface area contributed by atoms with Crippen molar-refractivity contribution in [2.24, 2.45) is 0 Å². The molecule has 0 radical (unpaired) electrons. The van der Waals surface area contributed by atoms with Crippen LogP contribution in [0.1, 0.15) is 24.2 Å². The zero-order chi connectivity index (χ0) is 13.0. The highest BCUT2D eigenvalue weighted by Gasteiger charge is 2.09. The molecular formula is C13H13Br2N3. The van der Waals surface area contributed by atoms with E-state index in [1.807, 2.05) is 12.1 Å². The summed E-state index contributed by atoms with van der Waals surface area (Å²) < 4.78 is 2.17. The van der Waals surface area contributed by atoms with Crippen molar-refractivity contribution in [3.63, 3.8) is 0 Å². The second-order valence-electron chi connectivity index (χ2n) is 3.97. The Kier molecular flexibility index (Phi) is 4.86. The number of rotatable bonds is 4. The van der Waals surface area contributed by atoms with E-state index in [1.165, 1.54) is 5.56 Å². The minimum absolute atomic E-state index is 0.252. The second kappa shape index (κ2) is 6.41. The van der Waals surface area contributed by atoms with E-state index in [1.54, 1.807) is 12.5 Å². The number of nitrogens with zero attached hydrogens (tertiary/aromatic N) is 2. The van der Waals surface area contributed by atoms with Crippen LogP contribution in [-0.4, -0.2) is 9.97 Å². The van der Waals surface area contributed by atoms with Gasteiger partial charge in [0, 0.05) is 27.7 Å². The molecule has 0 bridgehead atoms. The first-order chi connectivity index (χ1) is 8.66. The van der Waals surface area contributed by atoms with Crippen molar-refractivity contribution in [2.45, 2.75) is 19.5 Å². The van der Waals surface area contributed by atoms with E-state index in [2.05, 4.69) is 66.2 Å². The van der Waals surface area contributed by atoms with Crippen LogP contribution in [0.15, 0.2) is 45.7 Å². The van der Waals surface area contributed by atoms with Gasteiger partial charge >= 0.3 is 0 Å².